The highest BCUT2D eigenvalue weighted by Gasteiger charge is 2.27. The van der Waals surface area contributed by atoms with Crippen LogP contribution < -0.4 is 0 Å². The molecule has 3 nitrogen and oxygen atoms in total. The van der Waals surface area contributed by atoms with Gasteiger partial charge in [0, 0.05) is 8.95 Å². The smallest absolute Gasteiger partial charge is 0.309 e. The lowest BCUT2D eigenvalue weighted by Crippen LogP contribution is -2.22. The lowest BCUT2D eigenvalue weighted by molar-refractivity contribution is -0.146. The van der Waals surface area contributed by atoms with Crippen molar-refractivity contribution in [3.05, 3.63) is 32.7 Å². The summed E-state index contributed by atoms with van der Waals surface area (Å²) < 4.78 is 1.68. The molecule has 18 heavy (non-hydrogen) atoms. The number of hydrogen-bond acceptors (Lipinski definition) is 2. The Balaban J connectivity index is 2.90. The van der Waals surface area contributed by atoms with E-state index in [4.69, 9.17) is 0 Å². The first-order valence-corrected chi connectivity index (χ1v) is 7.41. The zero-order chi connectivity index (χ0) is 13.7. The van der Waals surface area contributed by atoms with Gasteiger partial charge in [0.2, 0.25) is 0 Å². The van der Waals surface area contributed by atoms with Gasteiger partial charge in [-0.25, -0.2) is 0 Å². The molecule has 1 aromatic rings. The highest BCUT2D eigenvalue weighted by Crippen LogP contribution is 2.31. The molecule has 0 spiro atoms. The number of carboxylic acid groups (broad SMARTS) is 1. The molecule has 0 fully saturated rings. The van der Waals surface area contributed by atoms with E-state index >= 15 is 0 Å². The second-order valence-electron chi connectivity index (χ2n) is 4.21. The molecule has 0 aliphatic heterocycles. The Morgan fingerprint density at radius 3 is 2.50 bits per heavy atom. The number of rotatable bonds is 6. The number of carboxylic acids is 1. The number of hydrogen-bond donors (Lipinski definition) is 2. The third-order valence-electron chi connectivity index (χ3n) is 2.85. The van der Waals surface area contributed by atoms with E-state index in [9.17, 15) is 15.0 Å². The Hall–Kier alpha value is -0.390. The minimum Gasteiger partial charge on any atom is -0.481 e. The van der Waals surface area contributed by atoms with Crippen LogP contribution in [0.15, 0.2) is 27.1 Å². The molecule has 2 atom stereocenters. The van der Waals surface area contributed by atoms with E-state index in [0.717, 1.165) is 21.8 Å². The quantitative estimate of drug-likeness (QED) is 0.780. The molecule has 0 saturated heterocycles. The summed E-state index contributed by atoms with van der Waals surface area (Å²) in [6, 6.07) is 5.28. The fourth-order valence-electron chi connectivity index (χ4n) is 1.77. The summed E-state index contributed by atoms with van der Waals surface area (Å²) in [7, 11) is 0. The van der Waals surface area contributed by atoms with E-state index in [1.807, 2.05) is 6.92 Å². The molecule has 0 saturated carbocycles. The van der Waals surface area contributed by atoms with Crippen LogP contribution in [-0.2, 0) is 4.79 Å². The van der Waals surface area contributed by atoms with E-state index in [1.165, 1.54) is 0 Å². The number of halogens is 2. The maximum Gasteiger partial charge on any atom is 0.309 e. The van der Waals surface area contributed by atoms with Crippen LogP contribution >= 0.6 is 31.9 Å². The van der Waals surface area contributed by atoms with Gasteiger partial charge in [-0.3, -0.25) is 4.79 Å². The van der Waals surface area contributed by atoms with Gasteiger partial charge in [0.1, 0.15) is 0 Å². The van der Waals surface area contributed by atoms with E-state index in [1.54, 1.807) is 18.2 Å². The molecule has 0 radical (unpaired) electrons. The largest absolute Gasteiger partial charge is 0.481 e. The fraction of sp³-hybridized carbons (Fsp3) is 0.462. The number of aliphatic hydroxyl groups excluding tert-OH is 1. The van der Waals surface area contributed by atoms with Crippen molar-refractivity contribution >= 4 is 37.8 Å². The number of aliphatic carboxylic acids is 1. The van der Waals surface area contributed by atoms with Crippen LogP contribution in [0.25, 0.3) is 0 Å². The minimum absolute atomic E-state index is 0.487. The van der Waals surface area contributed by atoms with Gasteiger partial charge in [0.15, 0.2) is 0 Å². The molecule has 1 rings (SSSR count). The molecule has 5 heteroatoms. The Bertz CT molecular complexity index is 421. The molecule has 0 aliphatic carbocycles. The molecule has 0 aliphatic rings. The van der Waals surface area contributed by atoms with Crippen LogP contribution in [0, 0.1) is 5.92 Å². The van der Waals surface area contributed by atoms with E-state index in [0.29, 0.717) is 12.0 Å². The lowest BCUT2D eigenvalue weighted by atomic mass is 9.91. The molecule has 1 aromatic carbocycles. The van der Waals surface area contributed by atoms with Gasteiger partial charge >= 0.3 is 5.97 Å². The van der Waals surface area contributed by atoms with Gasteiger partial charge < -0.3 is 10.2 Å². The Kier molecular flexibility index (Phi) is 6.32. The van der Waals surface area contributed by atoms with Gasteiger partial charge in [0.25, 0.3) is 0 Å². The second kappa shape index (κ2) is 7.26. The predicted molar refractivity (Wildman–Crippen MR) is 77.5 cm³/mol. The predicted octanol–water partition coefficient (Wildman–Crippen LogP) is 4.14. The highest BCUT2D eigenvalue weighted by atomic mass is 79.9. The summed E-state index contributed by atoms with van der Waals surface area (Å²) in [5.41, 5.74) is 0.619. The van der Waals surface area contributed by atoms with Crippen LogP contribution in [0.1, 0.15) is 37.9 Å². The first-order valence-electron chi connectivity index (χ1n) is 5.83. The normalized spacial score (nSPS) is 14.2. The Morgan fingerprint density at radius 2 is 2.00 bits per heavy atom. The highest BCUT2D eigenvalue weighted by molar-refractivity contribution is 9.13. The van der Waals surface area contributed by atoms with Gasteiger partial charge in [-0.05, 0) is 56.0 Å². The lowest BCUT2D eigenvalue weighted by Gasteiger charge is -2.19. The average Bonchev–Trinajstić information content (AvgIpc) is 2.32. The van der Waals surface area contributed by atoms with E-state index in [-0.39, 0.29) is 0 Å². The van der Waals surface area contributed by atoms with Gasteiger partial charge in [-0.1, -0.05) is 25.8 Å². The first-order chi connectivity index (χ1) is 8.47. The summed E-state index contributed by atoms with van der Waals surface area (Å²) in [6.07, 6.45) is 1.23. The molecule has 0 heterocycles. The second-order valence-corrected chi connectivity index (χ2v) is 5.91. The summed E-state index contributed by atoms with van der Waals surface area (Å²) in [5, 5.41) is 19.4. The molecule has 100 valence electrons. The summed E-state index contributed by atoms with van der Waals surface area (Å²) in [5.74, 6) is -1.70. The van der Waals surface area contributed by atoms with Crippen molar-refractivity contribution in [2.45, 2.75) is 32.3 Å². The molecule has 2 unspecified atom stereocenters. The van der Waals surface area contributed by atoms with Gasteiger partial charge in [0.05, 0.1) is 12.0 Å². The molecule has 0 bridgehead atoms. The minimum atomic E-state index is -0.974. The van der Waals surface area contributed by atoms with Crippen molar-refractivity contribution in [2.75, 3.05) is 0 Å². The van der Waals surface area contributed by atoms with Crippen molar-refractivity contribution in [3.63, 3.8) is 0 Å². The maximum absolute atomic E-state index is 11.2. The van der Waals surface area contributed by atoms with Crippen molar-refractivity contribution in [1.29, 1.82) is 0 Å². The van der Waals surface area contributed by atoms with Crippen LogP contribution in [0.3, 0.4) is 0 Å². The van der Waals surface area contributed by atoms with Crippen molar-refractivity contribution in [1.82, 2.24) is 0 Å². The SMILES string of the molecule is CCCCC(C(=O)O)C(O)c1ccc(Br)c(Br)c1. The third kappa shape index (κ3) is 4.07. The van der Waals surface area contributed by atoms with E-state index in [2.05, 4.69) is 31.9 Å². The monoisotopic (exact) mass is 378 g/mol. The van der Waals surface area contributed by atoms with E-state index < -0.39 is 18.0 Å². The first kappa shape index (κ1) is 15.7. The van der Waals surface area contributed by atoms with Crippen molar-refractivity contribution in [2.24, 2.45) is 5.92 Å². The summed E-state index contributed by atoms with van der Waals surface area (Å²) in [6.45, 7) is 2.00. The summed E-state index contributed by atoms with van der Waals surface area (Å²) in [4.78, 5) is 11.2. The number of benzene rings is 1. The van der Waals surface area contributed by atoms with Crippen molar-refractivity contribution < 1.29 is 15.0 Å². The molecular weight excluding hydrogens is 364 g/mol. The Labute approximate surface area is 123 Å². The van der Waals surface area contributed by atoms with Gasteiger partial charge in [-0.2, -0.15) is 0 Å². The zero-order valence-corrected chi connectivity index (χ0v) is 13.2. The van der Waals surface area contributed by atoms with Crippen LogP contribution in [0.2, 0.25) is 0 Å². The average molecular weight is 380 g/mol. The maximum atomic E-state index is 11.2. The number of unbranched alkanes of at least 4 members (excludes halogenated alkanes) is 1. The number of carbonyl (C=O) groups is 1. The molecule has 0 amide bonds. The molecule has 0 aromatic heterocycles. The molecular formula is C13H16Br2O3. The molecule has 2 N–H and O–H groups in total. The standard InChI is InChI=1S/C13H16Br2O3/c1-2-3-4-9(13(17)18)12(16)8-5-6-10(14)11(15)7-8/h5-7,9,12,16H,2-4H2,1H3,(H,17,18). The van der Waals surface area contributed by atoms with Crippen LogP contribution in [0.5, 0.6) is 0 Å². The van der Waals surface area contributed by atoms with Crippen molar-refractivity contribution in [3.8, 4) is 0 Å². The number of aliphatic hydroxyl groups is 1. The third-order valence-corrected chi connectivity index (χ3v) is 4.73. The Morgan fingerprint density at radius 1 is 1.33 bits per heavy atom. The zero-order valence-electron chi connectivity index (χ0n) is 10.1. The topological polar surface area (TPSA) is 57.5 Å². The summed E-state index contributed by atoms with van der Waals surface area (Å²) >= 11 is 6.69. The van der Waals surface area contributed by atoms with Crippen LogP contribution in [0.4, 0.5) is 0 Å². The van der Waals surface area contributed by atoms with Gasteiger partial charge in [-0.15, -0.1) is 0 Å². The fourth-order valence-corrected chi connectivity index (χ4v) is 2.41. The van der Waals surface area contributed by atoms with Crippen LogP contribution in [-0.4, -0.2) is 16.2 Å².